The van der Waals surface area contributed by atoms with Crippen LogP contribution >= 0.6 is 7.82 Å². The highest BCUT2D eigenvalue weighted by molar-refractivity contribution is 7.48. The molecule has 0 aliphatic heterocycles. The third kappa shape index (κ3) is 9.63. The summed E-state index contributed by atoms with van der Waals surface area (Å²) in [4.78, 5) is 0. The lowest BCUT2D eigenvalue weighted by Crippen LogP contribution is -2.18. The monoisotopic (exact) mass is 308 g/mol. The maximum atomic E-state index is 11.7. The van der Waals surface area contributed by atoms with Gasteiger partial charge in [-0.25, -0.2) is 22.1 Å². The van der Waals surface area contributed by atoms with Gasteiger partial charge in [0.15, 0.2) is 6.61 Å². The van der Waals surface area contributed by atoms with Crippen LogP contribution in [-0.4, -0.2) is 38.8 Å². The van der Waals surface area contributed by atoms with Gasteiger partial charge in [-0.3, -0.25) is 13.6 Å². The van der Waals surface area contributed by atoms with E-state index >= 15 is 0 Å². The molecule has 0 rings (SSSR count). The summed E-state index contributed by atoms with van der Waals surface area (Å²) >= 11 is 0. The van der Waals surface area contributed by atoms with Gasteiger partial charge in [-0.1, -0.05) is 0 Å². The van der Waals surface area contributed by atoms with Crippen LogP contribution < -0.4 is 0 Å². The van der Waals surface area contributed by atoms with Crippen LogP contribution in [0.2, 0.25) is 0 Å². The molecule has 0 saturated carbocycles. The maximum Gasteiger partial charge on any atom is 0.475 e. The number of phosphoric ester groups is 1. The second kappa shape index (κ2) is 7.27. The smallest absolute Gasteiger partial charge is 0.281 e. The first-order valence-electron chi connectivity index (χ1n) is 4.21. The van der Waals surface area contributed by atoms with E-state index in [2.05, 4.69) is 13.6 Å². The summed E-state index contributed by atoms with van der Waals surface area (Å²) in [6.45, 7) is -5.28. The molecule has 0 aliphatic rings. The molecular formula is C6H8F7O4P. The van der Waals surface area contributed by atoms with Crippen LogP contribution in [0.4, 0.5) is 30.7 Å². The van der Waals surface area contributed by atoms with Gasteiger partial charge in [0.1, 0.15) is 13.2 Å². The van der Waals surface area contributed by atoms with Crippen LogP contribution in [0.25, 0.3) is 0 Å². The predicted octanol–water partition coefficient (Wildman–Crippen LogP) is 3.24. The van der Waals surface area contributed by atoms with Gasteiger partial charge < -0.3 is 0 Å². The van der Waals surface area contributed by atoms with Gasteiger partial charge in [-0.2, -0.15) is 13.2 Å². The van der Waals surface area contributed by atoms with E-state index in [0.717, 1.165) is 0 Å². The summed E-state index contributed by atoms with van der Waals surface area (Å²) in [5.41, 5.74) is 0. The fraction of sp³-hybridized carbons (Fsp3) is 1.00. The molecule has 0 saturated heterocycles. The SMILES string of the molecule is O=P(OCC(F)F)(OCC(F)F)OCC(F)(F)F. The van der Waals surface area contributed by atoms with E-state index in [-0.39, 0.29) is 0 Å². The molecule has 0 aromatic carbocycles. The first-order valence-corrected chi connectivity index (χ1v) is 5.67. The third-order valence-electron chi connectivity index (χ3n) is 1.10. The summed E-state index contributed by atoms with van der Waals surface area (Å²) < 4.78 is 104. The molecule has 0 aliphatic carbocycles. The Kier molecular flexibility index (Phi) is 7.11. The highest BCUT2D eigenvalue weighted by Crippen LogP contribution is 2.50. The Morgan fingerprint density at radius 1 is 0.889 bits per heavy atom. The number of halogens is 7. The van der Waals surface area contributed by atoms with E-state index in [4.69, 9.17) is 0 Å². The standard InChI is InChI=1S/C6H8F7O4P/c7-4(8)1-15-18(14,16-2-5(9)10)17-3-6(11,12)13/h4-5H,1-3H2. The van der Waals surface area contributed by atoms with Crippen molar-refractivity contribution in [3.05, 3.63) is 0 Å². The Bertz CT molecular complexity index is 266. The highest BCUT2D eigenvalue weighted by atomic mass is 31.2. The fourth-order valence-corrected chi connectivity index (χ4v) is 1.68. The third-order valence-corrected chi connectivity index (χ3v) is 2.48. The summed E-state index contributed by atoms with van der Waals surface area (Å²) in [6.07, 6.45) is -11.3. The average Bonchev–Trinajstić information content (AvgIpc) is 2.20. The predicted molar refractivity (Wildman–Crippen MR) is 43.5 cm³/mol. The Hall–Kier alpha value is -0.380. The molecule has 0 aromatic heterocycles. The Morgan fingerprint density at radius 3 is 1.56 bits per heavy atom. The Balaban J connectivity index is 4.44. The number of rotatable bonds is 8. The summed E-state index contributed by atoms with van der Waals surface area (Å²) in [6, 6.07) is 0. The number of hydrogen-bond acceptors (Lipinski definition) is 4. The van der Waals surface area contributed by atoms with E-state index in [1.54, 1.807) is 0 Å². The zero-order valence-corrected chi connectivity index (χ0v) is 9.40. The topological polar surface area (TPSA) is 44.8 Å². The number of hydrogen-bond donors (Lipinski definition) is 0. The molecule has 110 valence electrons. The zero-order chi connectivity index (χ0) is 14.4. The minimum atomic E-state index is -5.10. The van der Waals surface area contributed by atoms with Crippen molar-refractivity contribution < 1.29 is 48.9 Å². The number of phosphoric acid groups is 1. The Labute approximate surface area is 96.6 Å². The van der Waals surface area contributed by atoms with Crippen LogP contribution in [0.15, 0.2) is 0 Å². The van der Waals surface area contributed by atoms with Crippen LogP contribution in [0.5, 0.6) is 0 Å². The summed E-state index contributed by atoms with van der Waals surface area (Å²) in [5.74, 6) is 0. The first kappa shape index (κ1) is 17.6. The van der Waals surface area contributed by atoms with Crippen molar-refractivity contribution in [1.29, 1.82) is 0 Å². The molecule has 0 fully saturated rings. The van der Waals surface area contributed by atoms with Gasteiger partial charge in [0, 0.05) is 0 Å². The van der Waals surface area contributed by atoms with Crippen molar-refractivity contribution in [2.45, 2.75) is 19.0 Å². The van der Waals surface area contributed by atoms with Crippen LogP contribution in [0, 0.1) is 0 Å². The maximum absolute atomic E-state index is 11.7. The second-order valence-corrected chi connectivity index (χ2v) is 4.38. The van der Waals surface area contributed by atoms with Gasteiger partial charge in [-0.15, -0.1) is 0 Å². The highest BCUT2D eigenvalue weighted by Gasteiger charge is 2.37. The van der Waals surface area contributed by atoms with Gasteiger partial charge >= 0.3 is 14.0 Å². The van der Waals surface area contributed by atoms with Crippen molar-refractivity contribution >= 4 is 7.82 Å². The minimum absolute atomic E-state index is 1.57. The average molecular weight is 308 g/mol. The molecule has 0 bridgehead atoms. The summed E-state index contributed by atoms with van der Waals surface area (Å²) in [7, 11) is -5.10. The zero-order valence-electron chi connectivity index (χ0n) is 8.50. The molecule has 18 heavy (non-hydrogen) atoms. The van der Waals surface area contributed by atoms with Crippen LogP contribution in [-0.2, 0) is 18.1 Å². The first-order chi connectivity index (χ1) is 8.04. The molecular weight excluding hydrogens is 300 g/mol. The van der Waals surface area contributed by atoms with E-state index in [0.29, 0.717) is 0 Å². The van der Waals surface area contributed by atoms with Crippen molar-refractivity contribution in [2.75, 3.05) is 19.8 Å². The van der Waals surface area contributed by atoms with E-state index in [1.165, 1.54) is 0 Å². The van der Waals surface area contributed by atoms with Gasteiger partial charge in [-0.05, 0) is 0 Å². The minimum Gasteiger partial charge on any atom is -0.281 e. The van der Waals surface area contributed by atoms with Crippen molar-refractivity contribution in [3.63, 3.8) is 0 Å². The lowest BCUT2D eigenvalue weighted by molar-refractivity contribution is -0.159. The number of alkyl halides is 7. The lowest BCUT2D eigenvalue weighted by atomic mass is 10.7. The quantitative estimate of drug-likeness (QED) is 0.510. The molecule has 0 atom stereocenters. The van der Waals surface area contributed by atoms with Gasteiger partial charge in [0.2, 0.25) is 0 Å². The molecule has 0 aromatic rings. The molecule has 0 N–H and O–H groups in total. The fourth-order valence-electron chi connectivity index (χ4n) is 0.559. The molecule has 4 nitrogen and oxygen atoms in total. The molecule has 0 amide bonds. The molecule has 0 spiro atoms. The van der Waals surface area contributed by atoms with Gasteiger partial charge in [0.05, 0.1) is 0 Å². The van der Waals surface area contributed by atoms with Crippen molar-refractivity contribution in [2.24, 2.45) is 0 Å². The van der Waals surface area contributed by atoms with E-state index < -0.39 is 46.7 Å². The van der Waals surface area contributed by atoms with E-state index in [1.807, 2.05) is 0 Å². The second-order valence-electron chi connectivity index (χ2n) is 2.71. The molecule has 0 heterocycles. The molecule has 0 unspecified atom stereocenters. The molecule has 12 heteroatoms. The Morgan fingerprint density at radius 2 is 1.28 bits per heavy atom. The summed E-state index contributed by atoms with van der Waals surface area (Å²) in [5, 5.41) is 0. The lowest BCUT2D eigenvalue weighted by Gasteiger charge is -2.18. The van der Waals surface area contributed by atoms with Crippen LogP contribution in [0.3, 0.4) is 0 Å². The largest absolute Gasteiger partial charge is 0.475 e. The normalized spacial score (nSPS) is 13.6. The van der Waals surface area contributed by atoms with E-state index in [9.17, 15) is 35.3 Å². The van der Waals surface area contributed by atoms with Crippen molar-refractivity contribution in [1.82, 2.24) is 0 Å². The van der Waals surface area contributed by atoms with Crippen molar-refractivity contribution in [3.8, 4) is 0 Å². The van der Waals surface area contributed by atoms with Crippen LogP contribution in [0.1, 0.15) is 0 Å². The van der Waals surface area contributed by atoms with Gasteiger partial charge in [0.25, 0.3) is 12.9 Å². The molecule has 0 radical (unpaired) electrons.